The second-order valence-corrected chi connectivity index (χ2v) is 4.31. The Hall–Kier alpha value is -2.44. The highest BCUT2D eigenvalue weighted by Gasteiger charge is 2.12. The molecule has 7 nitrogen and oxygen atoms in total. The Kier molecular flexibility index (Phi) is 4.29. The SMILES string of the molecule is CCNc1cncc(C(=O)NCc2c(C)noc2C)n1. The lowest BCUT2D eigenvalue weighted by Gasteiger charge is -2.06. The standard InChI is InChI=1S/C13H17N5O2/c1-4-15-12-7-14-6-11(17-12)13(19)16-5-10-8(2)18-20-9(10)3/h6-7H,4-5H2,1-3H3,(H,15,17)(H,16,19). The van der Waals surface area contributed by atoms with Crippen LogP contribution < -0.4 is 10.6 Å². The zero-order valence-electron chi connectivity index (χ0n) is 11.7. The number of nitrogens with one attached hydrogen (secondary N) is 2. The minimum absolute atomic E-state index is 0.273. The van der Waals surface area contributed by atoms with Crippen molar-refractivity contribution in [2.45, 2.75) is 27.3 Å². The summed E-state index contributed by atoms with van der Waals surface area (Å²) in [5, 5.41) is 9.64. The molecule has 0 aliphatic rings. The zero-order chi connectivity index (χ0) is 14.5. The lowest BCUT2D eigenvalue weighted by molar-refractivity contribution is 0.0945. The van der Waals surface area contributed by atoms with Crippen LogP contribution in [0.3, 0.4) is 0 Å². The Morgan fingerprint density at radius 1 is 1.35 bits per heavy atom. The molecule has 0 fully saturated rings. The molecule has 0 saturated heterocycles. The maximum Gasteiger partial charge on any atom is 0.271 e. The molecule has 0 aliphatic carbocycles. The minimum Gasteiger partial charge on any atom is -0.369 e. The second-order valence-electron chi connectivity index (χ2n) is 4.31. The molecule has 0 radical (unpaired) electrons. The first kappa shape index (κ1) is 14.0. The van der Waals surface area contributed by atoms with Crippen LogP contribution in [-0.4, -0.2) is 27.6 Å². The van der Waals surface area contributed by atoms with Gasteiger partial charge in [0.2, 0.25) is 0 Å². The highest BCUT2D eigenvalue weighted by Crippen LogP contribution is 2.11. The molecule has 0 aliphatic heterocycles. The third kappa shape index (κ3) is 3.11. The Bertz CT molecular complexity index is 589. The summed E-state index contributed by atoms with van der Waals surface area (Å²) in [6, 6.07) is 0. The van der Waals surface area contributed by atoms with Crippen molar-refractivity contribution in [3.05, 3.63) is 35.1 Å². The maximum atomic E-state index is 12.0. The smallest absolute Gasteiger partial charge is 0.271 e. The van der Waals surface area contributed by atoms with E-state index in [-0.39, 0.29) is 11.6 Å². The van der Waals surface area contributed by atoms with Crippen LogP contribution in [0.2, 0.25) is 0 Å². The molecule has 0 saturated carbocycles. The number of aryl methyl sites for hydroxylation is 2. The average Bonchev–Trinajstić information content (AvgIpc) is 2.76. The van der Waals surface area contributed by atoms with E-state index in [1.54, 1.807) is 6.20 Å². The minimum atomic E-state index is -0.280. The molecule has 2 N–H and O–H groups in total. The molecule has 0 bridgehead atoms. The van der Waals surface area contributed by atoms with Gasteiger partial charge >= 0.3 is 0 Å². The Morgan fingerprint density at radius 3 is 2.80 bits per heavy atom. The molecule has 106 valence electrons. The van der Waals surface area contributed by atoms with Gasteiger partial charge in [0, 0.05) is 18.7 Å². The van der Waals surface area contributed by atoms with Crippen LogP contribution in [0.25, 0.3) is 0 Å². The normalized spacial score (nSPS) is 10.3. The van der Waals surface area contributed by atoms with Gasteiger partial charge in [-0.1, -0.05) is 5.16 Å². The number of carbonyl (C=O) groups is 1. The van der Waals surface area contributed by atoms with E-state index in [1.165, 1.54) is 6.20 Å². The summed E-state index contributed by atoms with van der Waals surface area (Å²) in [5.74, 6) is 1.00. The van der Waals surface area contributed by atoms with Crippen molar-refractivity contribution in [3.63, 3.8) is 0 Å². The number of hydrogen-bond donors (Lipinski definition) is 2. The molecule has 1 amide bonds. The van der Waals surface area contributed by atoms with Crippen LogP contribution in [0.15, 0.2) is 16.9 Å². The molecular weight excluding hydrogens is 258 g/mol. The summed E-state index contributed by atoms with van der Waals surface area (Å²) in [5.41, 5.74) is 1.93. The molecule has 7 heteroatoms. The van der Waals surface area contributed by atoms with Gasteiger partial charge in [0.1, 0.15) is 17.3 Å². The largest absolute Gasteiger partial charge is 0.369 e. The van der Waals surface area contributed by atoms with Crippen molar-refractivity contribution in [2.24, 2.45) is 0 Å². The van der Waals surface area contributed by atoms with E-state index in [9.17, 15) is 4.79 Å². The van der Waals surface area contributed by atoms with E-state index < -0.39 is 0 Å². The number of amides is 1. The molecule has 0 unspecified atom stereocenters. The van der Waals surface area contributed by atoms with Gasteiger partial charge in [0.15, 0.2) is 0 Å². The first-order valence-corrected chi connectivity index (χ1v) is 6.37. The number of anilines is 1. The lowest BCUT2D eigenvalue weighted by Crippen LogP contribution is -2.24. The zero-order valence-corrected chi connectivity index (χ0v) is 11.7. The predicted octanol–water partition coefficient (Wildman–Crippen LogP) is 1.44. The summed E-state index contributed by atoms with van der Waals surface area (Å²) < 4.78 is 5.05. The van der Waals surface area contributed by atoms with Crippen molar-refractivity contribution in [3.8, 4) is 0 Å². The average molecular weight is 275 g/mol. The van der Waals surface area contributed by atoms with E-state index >= 15 is 0 Å². The van der Waals surface area contributed by atoms with Crippen LogP contribution >= 0.6 is 0 Å². The van der Waals surface area contributed by atoms with Gasteiger partial charge < -0.3 is 15.2 Å². The maximum absolute atomic E-state index is 12.0. The van der Waals surface area contributed by atoms with E-state index in [0.29, 0.717) is 18.1 Å². The molecule has 2 rings (SSSR count). The second kappa shape index (κ2) is 6.14. The number of aromatic nitrogens is 3. The summed E-state index contributed by atoms with van der Waals surface area (Å²) in [7, 11) is 0. The van der Waals surface area contributed by atoms with E-state index in [1.807, 2.05) is 20.8 Å². The molecule has 2 heterocycles. The summed E-state index contributed by atoms with van der Waals surface area (Å²) in [4.78, 5) is 20.2. The van der Waals surface area contributed by atoms with Crippen molar-refractivity contribution >= 4 is 11.7 Å². The molecule has 0 atom stereocenters. The van der Waals surface area contributed by atoms with Crippen LogP contribution in [0.1, 0.15) is 34.4 Å². The number of rotatable bonds is 5. The third-order valence-corrected chi connectivity index (χ3v) is 2.83. The van der Waals surface area contributed by atoms with E-state index in [2.05, 4.69) is 25.8 Å². The van der Waals surface area contributed by atoms with Crippen molar-refractivity contribution in [1.29, 1.82) is 0 Å². The molecule has 0 aromatic carbocycles. The Labute approximate surface area is 116 Å². The fourth-order valence-electron chi connectivity index (χ4n) is 1.76. The number of nitrogens with zero attached hydrogens (tertiary/aromatic N) is 3. The predicted molar refractivity (Wildman–Crippen MR) is 73.3 cm³/mol. The highest BCUT2D eigenvalue weighted by molar-refractivity contribution is 5.92. The molecule has 0 spiro atoms. The summed E-state index contributed by atoms with van der Waals surface area (Å²) >= 11 is 0. The van der Waals surface area contributed by atoms with Crippen molar-refractivity contribution in [2.75, 3.05) is 11.9 Å². The molecule has 20 heavy (non-hydrogen) atoms. The van der Waals surface area contributed by atoms with Gasteiger partial charge in [0.05, 0.1) is 18.1 Å². The van der Waals surface area contributed by atoms with E-state index in [0.717, 1.165) is 17.8 Å². The van der Waals surface area contributed by atoms with Gasteiger partial charge in [-0.25, -0.2) is 4.98 Å². The van der Waals surface area contributed by atoms with Crippen LogP contribution in [0.5, 0.6) is 0 Å². The lowest BCUT2D eigenvalue weighted by atomic mass is 10.2. The van der Waals surface area contributed by atoms with Gasteiger partial charge in [-0.2, -0.15) is 0 Å². The van der Waals surface area contributed by atoms with Crippen LogP contribution in [-0.2, 0) is 6.54 Å². The topological polar surface area (TPSA) is 92.9 Å². The number of carbonyl (C=O) groups excluding carboxylic acids is 1. The highest BCUT2D eigenvalue weighted by atomic mass is 16.5. The molecule has 2 aromatic rings. The fourth-order valence-corrected chi connectivity index (χ4v) is 1.76. The van der Waals surface area contributed by atoms with Gasteiger partial charge in [0.25, 0.3) is 5.91 Å². The Balaban J connectivity index is 2.03. The van der Waals surface area contributed by atoms with Crippen LogP contribution in [0, 0.1) is 13.8 Å². The Morgan fingerprint density at radius 2 is 2.15 bits per heavy atom. The fraction of sp³-hybridized carbons (Fsp3) is 0.385. The van der Waals surface area contributed by atoms with Gasteiger partial charge in [-0.3, -0.25) is 9.78 Å². The monoisotopic (exact) mass is 275 g/mol. The first-order valence-electron chi connectivity index (χ1n) is 6.37. The number of hydrogen-bond acceptors (Lipinski definition) is 6. The van der Waals surface area contributed by atoms with Crippen molar-refractivity contribution in [1.82, 2.24) is 20.4 Å². The quantitative estimate of drug-likeness (QED) is 0.857. The van der Waals surface area contributed by atoms with Gasteiger partial charge in [-0.15, -0.1) is 0 Å². The third-order valence-electron chi connectivity index (χ3n) is 2.83. The molecular formula is C13H17N5O2. The summed E-state index contributed by atoms with van der Waals surface area (Å²) in [6.45, 7) is 6.68. The first-order chi connectivity index (χ1) is 9.61. The molecule has 2 aromatic heterocycles. The van der Waals surface area contributed by atoms with Crippen LogP contribution in [0.4, 0.5) is 5.82 Å². The van der Waals surface area contributed by atoms with Gasteiger partial charge in [-0.05, 0) is 20.8 Å². The van der Waals surface area contributed by atoms with E-state index in [4.69, 9.17) is 4.52 Å². The summed E-state index contributed by atoms with van der Waals surface area (Å²) in [6.07, 6.45) is 3.01. The van der Waals surface area contributed by atoms with Crippen molar-refractivity contribution < 1.29 is 9.32 Å².